The number of aryl methyl sites for hydroxylation is 2. The molecule has 12 heteroatoms. The number of nitriles is 1. The molecule has 3 heterocycles. The number of fused-ring (bicyclic) bond motifs is 1. The average Bonchev–Trinajstić information content (AvgIpc) is 3.54. The number of rotatable bonds is 9. The zero-order valence-corrected chi connectivity index (χ0v) is 24.5. The van der Waals surface area contributed by atoms with Crippen molar-refractivity contribution in [1.29, 1.82) is 5.26 Å². The van der Waals surface area contributed by atoms with Gasteiger partial charge in [-0.25, -0.2) is 32.9 Å². The minimum Gasteiger partial charge on any atom is -0.478 e. The van der Waals surface area contributed by atoms with Gasteiger partial charge in [-0.3, -0.25) is 0 Å². The van der Waals surface area contributed by atoms with Gasteiger partial charge in [0.25, 0.3) is 0 Å². The highest BCUT2D eigenvalue weighted by atomic mass is 19.1. The number of carbonyl (C=O) groups is 1. The van der Waals surface area contributed by atoms with Crippen molar-refractivity contribution in [3.05, 3.63) is 130 Å². The second-order valence-corrected chi connectivity index (χ2v) is 10.5. The van der Waals surface area contributed by atoms with Gasteiger partial charge < -0.3 is 18.8 Å². The lowest BCUT2D eigenvalue weighted by Gasteiger charge is -2.11. The number of halogens is 3. The first-order valence-corrected chi connectivity index (χ1v) is 14.0. The van der Waals surface area contributed by atoms with E-state index < -0.39 is 23.4 Å². The fourth-order valence-corrected chi connectivity index (χ4v) is 4.98. The molecule has 0 bridgehead atoms. The quantitative estimate of drug-likeness (QED) is 0.184. The van der Waals surface area contributed by atoms with Gasteiger partial charge in [-0.1, -0.05) is 12.1 Å². The Morgan fingerprint density at radius 2 is 1.76 bits per heavy atom. The molecule has 0 aliphatic rings. The Kier molecular flexibility index (Phi) is 7.98. The topological polar surface area (TPSA) is 127 Å². The van der Waals surface area contributed by atoms with Gasteiger partial charge in [0.2, 0.25) is 11.8 Å². The van der Waals surface area contributed by atoms with Crippen LogP contribution in [0, 0.1) is 42.6 Å². The second-order valence-electron chi connectivity index (χ2n) is 10.5. The fraction of sp³-hybridized carbons (Fsp3) is 0.147. The number of hydrogen-bond donors (Lipinski definition) is 1. The van der Waals surface area contributed by atoms with Crippen LogP contribution in [-0.4, -0.2) is 30.6 Å². The van der Waals surface area contributed by atoms with Gasteiger partial charge in [-0.2, -0.15) is 5.26 Å². The molecular weight excluding hydrogens is 599 g/mol. The van der Waals surface area contributed by atoms with E-state index in [1.807, 2.05) is 6.07 Å². The minimum absolute atomic E-state index is 0.0136. The van der Waals surface area contributed by atoms with E-state index in [-0.39, 0.29) is 59.0 Å². The Morgan fingerprint density at radius 1 is 0.957 bits per heavy atom. The first-order valence-electron chi connectivity index (χ1n) is 14.0. The third kappa shape index (κ3) is 6.03. The van der Waals surface area contributed by atoms with Gasteiger partial charge in [0.1, 0.15) is 42.2 Å². The lowest BCUT2D eigenvalue weighted by atomic mass is 10.0. The number of hydrogen-bond acceptors (Lipinski definition) is 7. The molecule has 1 N–H and O–H groups in total. The molecule has 3 aromatic carbocycles. The van der Waals surface area contributed by atoms with E-state index in [2.05, 4.69) is 15.0 Å². The summed E-state index contributed by atoms with van der Waals surface area (Å²) in [4.78, 5) is 24.9. The van der Waals surface area contributed by atoms with Crippen LogP contribution < -0.4 is 4.74 Å². The van der Waals surface area contributed by atoms with Crippen molar-refractivity contribution in [2.45, 2.75) is 33.4 Å². The van der Waals surface area contributed by atoms with E-state index in [4.69, 9.17) is 14.4 Å². The highest BCUT2D eigenvalue weighted by Crippen LogP contribution is 2.29. The van der Waals surface area contributed by atoms with Gasteiger partial charge in [0.05, 0.1) is 39.6 Å². The maximum absolute atomic E-state index is 15.6. The molecule has 46 heavy (non-hydrogen) atoms. The van der Waals surface area contributed by atoms with E-state index in [1.54, 1.807) is 30.5 Å². The summed E-state index contributed by atoms with van der Waals surface area (Å²) in [5, 5.41) is 18.5. The average molecular weight is 624 g/mol. The smallest absolute Gasteiger partial charge is 0.335 e. The summed E-state index contributed by atoms with van der Waals surface area (Å²) in [5.41, 5.74) is 2.06. The Bertz CT molecular complexity index is 2160. The summed E-state index contributed by atoms with van der Waals surface area (Å²) < 4.78 is 58.4. The highest BCUT2D eigenvalue weighted by molar-refractivity contribution is 5.92. The van der Waals surface area contributed by atoms with Crippen molar-refractivity contribution in [1.82, 2.24) is 19.5 Å². The van der Waals surface area contributed by atoms with Gasteiger partial charge >= 0.3 is 5.97 Å². The number of oxazole rings is 1. The van der Waals surface area contributed by atoms with Crippen LogP contribution in [0.4, 0.5) is 13.2 Å². The van der Waals surface area contributed by atoms with Crippen LogP contribution in [0.3, 0.4) is 0 Å². The summed E-state index contributed by atoms with van der Waals surface area (Å²) in [7, 11) is 0. The van der Waals surface area contributed by atoms with Gasteiger partial charge in [0, 0.05) is 23.6 Å². The van der Waals surface area contributed by atoms with E-state index in [0.717, 1.165) is 18.2 Å². The molecule has 9 nitrogen and oxygen atoms in total. The van der Waals surface area contributed by atoms with E-state index in [1.165, 1.54) is 36.4 Å². The number of aromatic carboxylic acids is 1. The Morgan fingerprint density at radius 3 is 2.48 bits per heavy atom. The Balaban J connectivity index is 1.29. The van der Waals surface area contributed by atoms with Gasteiger partial charge in [-0.05, 0) is 67.9 Å². The van der Waals surface area contributed by atoms with Crippen molar-refractivity contribution >= 4 is 17.0 Å². The number of benzene rings is 3. The molecule has 0 spiro atoms. The molecule has 3 aromatic heterocycles. The molecule has 0 fully saturated rings. The predicted octanol–water partition coefficient (Wildman–Crippen LogP) is 6.91. The van der Waals surface area contributed by atoms with Crippen LogP contribution >= 0.6 is 0 Å². The predicted molar refractivity (Wildman–Crippen MR) is 160 cm³/mol. The number of ether oxygens (including phenoxy) is 1. The Hall–Kier alpha value is -5.96. The third-order valence-electron chi connectivity index (χ3n) is 7.48. The second kappa shape index (κ2) is 12.2. The number of carboxylic acid groups (broad SMARTS) is 1. The summed E-state index contributed by atoms with van der Waals surface area (Å²) >= 11 is 0. The fourth-order valence-electron chi connectivity index (χ4n) is 4.98. The molecule has 0 saturated heterocycles. The van der Waals surface area contributed by atoms with Crippen LogP contribution in [-0.2, 0) is 19.6 Å². The standard InChI is InChI=1S/C34H24F3N5O4/c1-18-19(2)46-33(39-18)16-42-30-12-21(34(43)44)8-9-29(30)40-31(42)13-23-11-27(37)24(14-26(23)36)28-4-3-5-32(41-28)45-17-22-7-6-20(15-38)10-25(22)35/h3-12,14H,13,16-17H2,1-2H3,(H,43,44). The van der Waals surface area contributed by atoms with E-state index in [9.17, 15) is 14.3 Å². The summed E-state index contributed by atoms with van der Waals surface area (Å²) in [6.07, 6.45) is -0.120. The third-order valence-corrected chi connectivity index (χ3v) is 7.48. The molecule has 0 aliphatic carbocycles. The van der Waals surface area contributed by atoms with Crippen LogP contribution in [0.5, 0.6) is 5.88 Å². The number of pyridine rings is 1. The molecule has 0 saturated carbocycles. The Labute approximate surface area is 260 Å². The number of imidazole rings is 1. The maximum atomic E-state index is 15.6. The molecule has 230 valence electrons. The molecule has 0 atom stereocenters. The van der Waals surface area contributed by atoms with E-state index in [0.29, 0.717) is 34.2 Å². The molecule has 0 aliphatic heterocycles. The molecule has 6 rings (SSSR count). The van der Waals surface area contributed by atoms with Crippen molar-refractivity contribution in [3.63, 3.8) is 0 Å². The lowest BCUT2D eigenvalue weighted by Crippen LogP contribution is -2.08. The minimum atomic E-state index is -1.12. The van der Waals surface area contributed by atoms with Crippen LogP contribution in [0.2, 0.25) is 0 Å². The van der Waals surface area contributed by atoms with Gasteiger partial charge in [0.15, 0.2) is 0 Å². The molecule has 0 amide bonds. The van der Waals surface area contributed by atoms with Crippen molar-refractivity contribution < 1.29 is 32.2 Å². The maximum Gasteiger partial charge on any atom is 0.335 e. The van der Waals surface area contributed by atoms with Crippen LogP contribution in [0.15, 0.2) is 71.1 Å². The monoisotopic (exact) mass is 623 g/mol. The molecule has 6 aromatic rings. The van der Waals surface area contributed by atoms with Crippen molar-refractivity contribution in [3.8, 4) is 23.2 Å². The normalized spacial score (nSPS) is 11.1. The van der Waals surface area contributed by atoms with E-state index >= 15 is 8.78 Å². The van der Waals surface area contributed by atoms with Crippen LogP contribution in [0.1, 0.15) is 50.2 Å². The lowest BCUT2D eigenvalue weighted by molar-refractivity contribution is 0.0697. The molecule has 0 radical (unpaired) electrons. The number of aromatic nitrogens is 4. The SMILES string of the molecule is Cc1nc(Cn2c(Cc3cc(F)c(-c4cccc(OCc5ccc(C#N)cc5F)n4)cc3F)nc3ccc(C(=O)O)cc32)oc1C. The summed E-state index contributed by atoms with van der Waals surface area (Å²) in [6, 6.07) is 16.9. The zero-order valence-electron chi connectivity index (χ0n) is 24.5. The first kappa shape index (κ1) is 30.1. The molecule has 0 unspecified atom stereocenters. The van der Waals surface area contributed by atoms with Crippen molar-refractivity contribution in [2.24, 2.45) is 0 Å². The van der Waals surface area contributed by atoms with Crippen LogP contribution in [0.25, 0.3) is 22.3 Å². The zero-order chi connectivity index (χ0) is 32.5. The number of nitrogens with zero attached hydrogens (tertiary/aromatic N) is 5. The first-order chi connectivity index (χ1) is 22.1. The summed E-state index contributed by atoms with van der Waals surface area (Å²) in [6.45, 7) is 3.47. The molecular formula is C34H24F3N5O4. The number of carboxylic acids is 1. The van der Waals surface area contributed by atoms with Gasteiger partial charge in [-0.15, -0.1) is 0 Å². The largest absolute Gasteiger partial charge is 0.478 e. The van der Waals surface area contributed by atoms with Crippen molar-refractivity contribution in [2.75, 3.05) is 0 Å². The summed E-state index contributed by atoms with van der Waals surface area (Å²) in [5.74, 6) is -1.79. The highest BCUT2D eigenvalue weighted by Gasteiger charge is 2.20.